The number of hydrogen-bond acceptors (Lipinski definition) is 3. The van der Waals surface area contributed by atoms with Gasteiger partial charge >= 0.3 is 5.97 Å². The summed E-state index contributed by atoms with van der Waals surface area (Å²) >= 11 is 5.89. The first-order valence-electron chi connectivity index (χ1n) is 5.81. The van der Waals surface area contributed by atoms with E-state index in [4.69, 9.17) is 21.1 Å². The molecule has 1 atom stereocenters. The molecule has 0 bridgehead atoms. The maximum absolute atomic E-state index is 12.0. The van der Waals surface area contributed by atoms with Crippen molar-refractivity contribution in [3.8, 4) is 0 Å². The Morgan fingerprint density at radius 3 is 2.47 bits per heavy atom. The molecule has 19 heavy (non-hydrogen) atoms. The molecule has 1 aliphatic heterocycles. The number of hydrogen-bond donors (Lipinski definition) is 0. The van der Waals surface area contributed by atoms with Crippen molar-refractivity contribution < 1.29 is 14.3 Å². The number of methoxy groups -OCH3 is 1. The van der Waals surface area contributed by atoms with Crippen molar-refractivity contribution in [3.05, 3.63) is 70.2 Å². The molecule has 1 aliphatic rings. The summed E-state index contributed by atoms with van der Waals surface area (Å²) in [7, 11) is 1.52. The summed E-state index contributed by atoms with van der Waals surface area (Å²) < 4.78 is 11.0. The molecule has 0 N–H and O–H groups in total. The highest BCUT2D eigenvalue weighted by Gasteiger charge is 2.47. The molecule has 0 aliphatic carbocycles. The number of esters is 1. The molecule has 3 rings (SSSR count). The Balaban J connectivity index is 2.21. The van der Waals surface area contributed by atoms with Gasteiger partial charge in [-0.3, -0.25) is 0 Å². The maximum Gasteiger partial charge on any atom is 0.341 e. The van der Waals surface area contributed by atoms with Crippen molar-refractivity contribution in [2.24, 2.45) is 0 Å². The minimum absolute atomic E-state index is 0.382. The van der Waals surface area contributed by atoms with Crippen molar-refractivity contribution in [1.82, 2.24) is 0 Å². The normalized spacial score (nSPS) is 21.1. The molecular formula is C15H11ClO3. The van der Waals surface area contributed by atoms with Crippen LogP contribution in [0.3, 0.4) is 0 Å². The first-order valence-corrected chi connectivity index (χ1v) is 6.19. The highest BCUT2D eigenvalue weighted by atomic mass is 35.5. The van der Waals surface area contributed by atoms with E-state index in [1.165, 1.54) is 7.11 Å². The average molecular weight is 275 g/mol. The Morgan fingerprint density at radius 1 is 1.11 bits per heavy atom. The molecule has 3 nitrogen and oxygen atoms in total. The number of carbonyl (C=O) groups excluding carboxylic acids is 1. The lowest BCUT2D eigenvalue weighted by atomic mass is 9.95. The fraction of sp³-hybridized carbons (Fsp3) is 0.133. The van der Waals surface area contributed by atoms with Crippen LogP contribution in [0.15, 0.2) is 48.5 Å². The quantitative estimate of drug-likeness (QED) is 0.788. The molecule has 4 heteroatoms. The van der Waals surface area contributed by atoms with E-state index in [1.54, 1.807) is 36.4 Å². The van der Waals surface area contributed by atoms with E-state index in [0.29, 0.717) is 16.1 Å². The minimum atomic E-state index is -1.18. The summed E-state index contributed by atoms with van der Waals surface area (Å²) in [6.07, 6.45) is 0. The van der Waals surface area contributed by atoms with Gasteiger partial charge in [0.15, 0.2) is 0 Å². The standard InChI is InChI=1S/C15H11ClO3/c1-18-15(10-6-8-11(16)9-7-10)13-5-3-2-4-12(13)14(17)19-15/h2-9H,1H3/t15-/m1/s1. The second-order valence-corrected chi connectivity index (χ2v) is 4.70. The van der Waals surface area contributed by atoms with Crippen LogP contribution < -0.4 is 0 Å². The van der Waals surface area contributed by atoms with Crippen molar-refractivity contribution in [1.29, 1.82) is 0 Å². The lowest BCUT2D eigenvalue weighted by Gasteiger charge is -2.27. The molecule has 0 saturated heterocycles. The van der Waals surface area contributed by atoms with Crippen LogP contribution in [-0.4, -0.2) is 13.1 Å². The first kappa shape index (κ1) is 12.2. The van der Waals surface area contributed by atoms with Crippen LogP contribution in [0.1, 0.15) is 21.5 Å². The average Bonchev–Trinajstić information content (AvgIpc) is 2.74. The number of benzene rings is 2. The molecule has 2 aromatic rings. The van der Waals surface area contributed by atoms with Crippen LogP contribution in [-0.2, 0) is 15.3 Å². The van der Waals surface area contributed by atoms with Crippen LogP contribution in [0, 0.1) is 0 Å². The van der Waals surface area contributed by atoms with Crippen molar-refractivity contribution in [2.45, 2.75) is 5.79 Å². The van der Waals surface area contributed by atoms with Crippen molar-refractivity contribution in [2.75, 3.05) is 7.11 Å². The lowest BCUT2D eigenvalue weighted by Crippen LogP contribution is -2.30. The van der Waals surface area contributed by atoms with Gasteiger partial charge in [-0.2, -0.15) is 0 Å². The SMILES string of the molecule is CO[C@]1(c2ccc(Cl)cc2)OC(=O)c2ccccc21. The Hall–Kier alpha value is -1.84. The van der Waals surface area contributed by atoms with Gasteiger partial charge in [-0.15, -0.1) is 0 Å². The van der Waals surface area contributed by atoms with Crippen LogP contribution in [0.2, 0.25) is 5.02 Å². The van der Waals surface area contributed by atoms with E-state index >= 15 is 0 Å². The summed E-state index contributed by atoms with van der Waals surface area (Å²) in [5.74, 6) is -1.56. The Morgan fingerprint density at radius 2 is 1.79 bits per heavy atom. The fourth-order valence-electron chi connectivity index (χ4n) is 2.34. The molecular weight excluding hydrogens is 264 g/mol. The molecule has 2 aromatic carbocycles. The summed E-state index contributed by atoms with van der Waals surface area (Å²) in [6.45, 7) is 0. The number of halogens is 1. The first-order chi connectivity index (χ1) is 9.17. The molecule has 0 amide bonds. The molecule has 0 fully saturated rings. The van der Waals surface area contributed by atoms with Gasteiger partial charge in [0.05, 0.1) is 5.56 Å². The lowest BCUT2D eigenvalue weighted by molar-refractivity contribution is -0.154. The van der Waals surface area contributed by atoms with Gasteiger partial charge in [-0.1, -0.05) is 41.9 Å². The van der Waals surface area contributed by atoms with Gasteiger partial charge in [0.2, 0.25) is 0 Å². The zero-order valence-corrected chi connectivity index (χ0v) is 11.0. The predicted octanol–water partition coefficient (Wildman–Crippen LogP) is 3.36. The van der Waals surface area contributed by atoms with E-state index in [1.807, 2.05) is 12.1 Å². The molecule has 0 unspecified atom stereocenters. The summed E-state index contributed by atoms with van der Waals surface area (Å²) in [6, 6.07) is 14.3. The van der Waals surface area contributed by atoms with E-state index < -0.39 is 5.79 Å². The third kappa shape index (κ3) is 1.74. The van der Waals surface area contributed by atoms with Crippen LogP contribution >= 0.6 is 11.6 Å². The molecule has 0 aromatic heterocycles. The largest absolute Gasteiger partial charge is 0.420 e. The summed E-state index contributed by atoms with van der Waals surface area (Å²) in [5.41, 5.74) is 1.97. The van der Waals surface area contributed by atoms with Gasteiger partial charge in [0.1, 0.15) is 0 Å². The van der Waals surface area contributed by atoms with Gasteiger partial charge in [0.25, 0.3) is 5.79 Å². The zero-order chi connectivity index (χ0) is 13.5. The van der Waals surface area contributed by atoms with Gasteiger partial charge in [0, 0.05) is 23.3 Å². The highest BCUT2D eigenvalue weighted by Crippen LogP contribution is 2.42. The van der Waals surface area contributed by atoms with Gasteiger partial charge in [-0.05, 0) is 18.2 Å². The van der Waals surface area contributed by atoms with Crippen LogP contribution in [0.25, 0.3) is 0 Å². The van der Waals surface area contributed by atoms with E-state index in [-0.39, 0.29) is 5.97 Å². The van der Waals surface area contributed by atoms with Crippen molar-refractivity contribution >= 4 is 17.6 Å². The Labute approximate surface area is 115 Å². The van der Waals surface area contributed by atoms with Crippen LogP contribution in [0.4, 0.5) is 0 Å². The molecule has 1 heterocycles. The Bertz CT molecular complexity index is 636. The third-order valence-electron chi connectivity index (χ3n) is 3.25. The second-order valence-electron chi connectivity index (χ2n) is 4.26. The monoisotopic (exact) mass is 274 g/mol. The topological polar surface area (TPSA) is 35.5 Å². The van der Waals surface area contributed by atoms with Gasteiger partial charge in [-0.25, -0.2) is 4.79 Å². The number of cyclic esters (lactones) is 1. The number of fused-ring (bicyclic) bond motifs is 1. The predicted molar refractivity (Wildman–Crippen MR) is 71.1 cm³/mol. The molecule has 0 radical (unpaired) electrons. The maximum atomic E-state index is 12.0. The second kappa shape index (κ2) is 4.37. The van der Waals surface area contributed by atoms with Crippen LogP contribution in [0.5, 0.6) is 0 Å². The summed E-state index contributed by atoms with van der Waals surface area (Å²) in [5, 5.41) is 0.618. The van der Waals surface area contributed by atoms with Gasteiger partial charge < -0.3 is 9.47 Å². The highest BCUT2D eigenvalue weighted by molar-refractivity contribution is 6.30. The number of ether oxygens (including phenoxy) is 2. The number of carbonyl (C=O) groups is 1. The zero-order valence-electron chi connectivity index (χ0n) is 10.2. The van der Waals surface area contributed by atoms with Crippen molar-refractivity contribution in [3.63, 3.8) is 0 Å². The smallest absolute Gasteiger partial charge is 0.341 e. The molecule has 96 valence electrons. The fourth-order valence-corrected chi connectivity index (χ4v) is 2.47. The van der Waals surface area contributed by atoms with E-state index in [0.717, 1.165) is 5.56 Å². The number of rotatable bonds is 2. The Kier molecular flexibility index (Phi) is 2.81. The van der Waals surface area contributed by atoms with E-state index in [9.17, 15) is 4.79 Å². The minimum Gasteiger partial charge on any atom is -0.420 e. The molecule has 0 saturated carbocycles. The molecule has 0 spiro atoms. The summed E-state index contributed by atoms with van der Waals surface area (Å²) in [4.78, 5) is 12.0. The van der Waals surface area contributed by atoms with E-state index in [2.05, 4.69) is 0 Å². The third-order valence-corrected chi connectivity index (χ3v) is 3.50.